The molecule has 2 aromatic rings. The van der Waals surface area contributed by atoms with Crippen LogP contribution in [0.1, 0.15) is 6.42 Å². The summed E-state index contributed by atoms with van der Waals surface area (Å²) in [5.41, 5.74) is 2.29. The van der Waals surface area contributed by atoms with Crippen LogP contribution in [0, 0.1) is 0 Å². The highest BCUT2D eigenvalue weighted by atomic mass is 16.5. The van der Waals surface area contributed by atoms with E-state index in [4.69, 9.17) is 9.47 Å². The maximum atomic E-state index is 5.81. The normalized spacial score (nSPS) is 15.6. The third-order valence-electron chi connectivity index (χ3n) is 3.84. The van der Waals surface area contributed by atoms with Crippen molar-refractivity contribution in [1.29, 1.82) is 0 Å². The van der Waals surface area contributed by atoms with Crippen molar-refractivity contribution in [3.8, 4) is 16.9 Å². The van der Waals surface area contributed by atoms with Gasteiger partial charge in [0.25, 0.3) is 0 Å². The molecule has 4 heteroatoms. The zero-order valence-electron chi connectivity index (χ0n) is 12.8. The molecule has 0 saturated carbocycles. The highest BCUT2D eigenvalue weighted by Crippen LogP contribution is 2.21. The molecule has 0 N–H and O–H groups in total. The Labute approximate surface area is 131 Å². The third-order valence-corrected chi connectivity index (χ3v) is 3.84. The van der Waals surface area contributed by atoms with E-state index in [0.717, 1.165) is 62.8 Å². The van der Waals surface area contributed by atoms with Crippen LogP contribution in [0.5, 0.6) is 5.75 Å². The number of benzene rings is 1. The minimum atomic E-state index is 0.754. The second kappa shape index (κ2) is 7.92. The molecule has 1 aliphatic rings. The van der Waals surface area contributed by atoms with Crippen molar-refractivity contribution in [2.45, 2.75) is 6.42 Å². The molecule has 3 rings (SSSR count). The van der Waals surface area contributed by atoms with E-state index in [0.29, 0.717) is 0 Å². The van der Waals surface area contributed by atoms with Crippen molar-refractivity contribution in [2.24, 2.45) is 0 Å². The van der Waals surface area contributed by atoms with Crippen LogP contribution in [0.25, 0.3) is 11.1 Å². The van der Waals surface area contributed by atoms with E-state index in [1.165, 1.54) is 0 Å². The maximum Gasteiger partial charge on any atom is 0.119 e. The van der Waals surface area contributed by atoms with Crippen LogP contribution in [-0.4, -0.2) is 49.3 Å². The smallest absolute Gasteiger partial charge is 0.119 e. The van der Waals surface area contributed by atoms with Crippen LogP contribution in [0.15, 0.2) is 48.8 Å². The highest BCUT2D eigenvalue weighted by molar-refractivity contribution is 5.62. The molecule has 0 atom stereocenters. The Balaban J connectivity index is 1.43. The monoisotopic (exact) mass is 298 g/mol. The number of hydrogen-bond donors (Lipinski definition) is 0. The summed E-state index contributed by atoms with van der Waals surface area (Å²) < 4.78 is 11.2. The van der Waals surface area contributed by atoms with Crippen molar-refractivity contribution < 1.29 is 9.47 Å². The fourth-order valence-corrected chi connectivity index (χ4v) is 2.58. The highest BCUT2D eigenvalue weighted by Gasteiger charge is 2.09. The van der Waals surface area contributed by atoms with Crippen LogP contribution >= 0.6 is 0 Å². The van der Waals surface area contributed by atoms with Gasteiger partial charge in [-0.25, -0.2) is 0 Å². The molecule has 1 aromatic heterocycles. The molecule has 1 fully saturated rings. The summed E-state index contributed by atoms with van der Waals surface area (Å²) in [7, 11) is 0. The lowest BCUT2D eigenvalue weighted by molar-refractivity contribution is 0.0358. The Kier molecular flexibility index (Phi) is 5.40. The van der Waals surface area contributed by atoms with E-state index < -0.39 is 0 Å². The zero-order chi connectivity index (χ0) is 15.0. The average Bonchev–Trinajstić information content (AvgIpc) is 2.61. The minimum absolute atomic E-state index is 0.754. The van der Waals surface area contributed by atoms with Crippen molar-refractivity contribution in [1.82, 2.24) is 9.88 Å². The molecule has 0 radical (unpaired) electrons. The predicted octanol–water partition coefficient (Wildman–Crippen LogP) is 2.85. The summed E-state index contributed by atoms with van der Waals surface area (Å²) in [6.07, 6.45) is 4.71. The van der Waals surface area contributed by atoms with Gasteiger partial charge in [0.05, 0.1) is 19.8 Å². The topological polar surface area (TPSA) is 34.6 Å². The van der Waals surface area contributed by atoms with Gasteiger partial charge in [-0.15, -0.1) is 0 Å². The van der Waals surface area contributed by atoms with Crippen LogP contribution in [0.2, 0.25) is 0 Å². The number of ether oxygens (including phenoxy) is 2. The number of nitrogens with zero attached hydrogens (tertiary/aromatic N) is 2. The largest absolute Gasteiger partial charge is 0.494 e. The van der Waals surface area contributed by atoms with E-state index in [2.05, 4.69) is 28.1 Å². The summed E-state index contributed by atoms with van der Waals surface area (Å²) >= 11 is 0. The molecule has 1 aliphatic heterocycles. The maximum absolute atomic E-state index is 5.81. The first-order chi connectivity index (χ1) is 10.9. The van der Waals surface area contributed by atoms with Gasteiger partial charge in [-0.2, -0.15) is 0 Å². The standard InChI is InChI=1S/C18H22N2O2/c1-3-17(15-19-8-1)16-4-6-18(7-5-16)22-12-2-9-20-10-13-21-14-11-20/h1,3-8,15H,2,9-14H2. The Bertz CT molecular complexity index is 551. The molecule has 0 aliphatic carbocycles. The van der Waals surface area contributed by atoms with Gasteiger partial charge in [0.2, 0.25) is 0 Å². The van der Waals surface area contributed by atoms with Crippen molar-refractivity contribution in [3.63, 3.8) is 0 Å². The van der Waals surface area contributed by atoms with Crippen LogP contribution < -0.4 is 4.74 Å². The molecular weight excluding hydrogens is 276 g/mol. The van der Waals surface area contributed by atoms with Gasteiger partial charge in [0.15, 0.2) is 0 Å². The van der Waals surface area contributed by atoms with Gasteiger partial charge in [0.1, 0.15) is 5.75 Å². The minimum Gasteiger partial charge on any atom is -0.494 e. The summed E-state index contributed by atoms with van der Waals surface area (Å²) in [6, 6.07) is 12.2. The average molecular weight is 298 g/mol. The van der Waals surface area contributed by atoms with Gasteiger partial charge in [0, 0.05) is 32.0 Å². The fraction of sp³-hybridized carbons (Fsp3) is 0.389. The molecule has 0 unspecified atom stereocenters. The molecule has 1 saturated heterocycles. The predicted molar refractivity (Wildman–Crippen MR) is 87.0 cm³/mol. The molecule has 116 valence electrons. The molecule has 22 heavy (non-hydrogen) atoms. The first-order valence-corrected chi connectivity index (χ1v) is 7.85. The number of rotatable bonds is 6. The van der Waals surface area contributed by atoms with Crippen LogP contribution in [0.3, 0.4) is 0 Å². The summed E-state index contributed by atoms with van der Waals surface area (Å²) in [5, 5.41) is 0. The van der Waals surface area contributed by atoms with Crippen molar-refractivity contribution in [3.05, 3.63) is 48.8 Å². The fourth-order valence-electron chi connectivity index (χ4n) is 2.58. The molecule has 0 amide bonds. The molecule has 1 aromatic carbocycles. The lowest BCUT2D eigenvalue weighted by atomic mass is 10.1. The van der Waals surface area contributed by atoms with Crippen LogP contribution in [0.4, 0.5) is 0 Å². The van der Waals surface area contributed by atoms with Gasteiger partial charge in [-0.05, 0) is 35.7 Å². The summed E-state index contributed by atoms with van der Waals surface area (Å²) in [4.78, 5) is 6.57. The Morgan fingerprint density at radius 1 is 1.05 bits per heavy atom. The van der Waals surface area contributed by atoms with Crippen molar-refractivity contribution in [2.75, 3.05) is 39.5 Å². The quantitative estimate of drug-likeness (QED) is 0.768. The van der Waals surface area contributed by atoms with Gasteiger partial charge < -0.3 is 9.47 Å². The van der Waals surface area contributed by atoms with Crippen LogP contribution in [-0.2, 0) is 4.74 Å². The Morgan fingerprint density at radius 3 is 2.59 bits per heavy atom. The van der Waals surface area contributed by atoms with E-state index in [9.17, 15) is 0 Å². The van der Waals surface area contributed by atoms with Gasteiger partial charge in [-0.1, -0.05) is 18.2 Å². The molecule has 2 heterocycles. The summed E-state index contributed by atoms with van der Waals surface area (Å²) in [5.74, 6) is 0.926. The zero-order valence-corrected chi connectivity index (χ0v) is 12.8. The SMILES string of the molecule is c1cncc(-c2ccc(OCCCN3CCOCC3)cc2)c1. The van der Waals surface area contributed by atoms with E-state index in [1.807, 2.05) is 24.4 Å². The van der Waals surface area contributed by atoms with Crippen molar-refractivity contribution >= 4 is 0 Å². The number of morpholine rings is 1. The summed E-state index contributed by atoms with van der Waals surface area (Å²) in [6.45, 7) is 5.63. The lowest BCUT2D eigenvalue weighted by Gasteiger charge is -2.26. The number of pyridine rings is 1. The number of aromatic nitrogens is 1. The third kappa shape index (κ3) is 4.29. The second-order valence-corrected chi connectivity index (χ2v) is 5.42. The first kappa shape index (κ1) is 15.0. The molecular formula is C18H22N2O2. The van der Waals surface area contributed by atoms with E-state index >= 15 is 0 Å². The van der Waals surface area contributed by atoms with Gasteiger partial charge in [-0.3, -0.25) is 9.88 Å². The first-order valence-electron chi connectivity index (χ1n) is 7.85. The molecule has 0 spiro atoms. The lowest BCUT2D eigenvalue weighted by Crippen LogP contribution is -2.37. The van der Waals surface area contributed by atoms with Gasteiger partial charge >= 0.3 is 0 Å². The number of hydrogen-bond acceptors (Lipinski definition) is 4. The van der Waals surface area contributed by atoms with E-state index in [1.54, 1.807) is 6.20 Å². The Morgan fingerprint density at radius 2 is 1.86 bits per heavy atom. The van der Waals surface area contributed by atoms with E-state index in [-0.39, 0.29) is 0 Å². The Hall–Kier alpha value is -1.91. The second-order valence-electron chi connectivity index (χ2n) is 5.42. The molecule has 4 nitrogen and oxygen atoms in total. The molecule has 0 bridgehead atoms.